The van der Waals surface area contributed by atoms with E-state index in [9.17, 15) is 9.90 Å². The highest BCUT2D eigenvalue weighted by Gasteiger charge is 2.27. The van der Waals surface area contributed by atoms with Crippen molar-refractivity contribution in [1.82, 2.24) is 4.90 Å². The molecule has 1 heterocycles. The second-order valence-corrected chi connectivity index (χ2v) is 5.38. The van der Waals surface area contributed by atoms with Crippen LogP contribution in [0.25, 0.3) is 0 Å². The van der Waals surface area contributed by atoms with Gasteiger partial charge in [-0.25, -0.2) is 0 Å². The molecule has 0 amide bonds. The molecule has 92 valence electrons. The number of benzene rings is 1. The van der Waals surface area contributed by atoms with Crippen molar-refractivity contribution in [2.24, 2.45) is 0 Å². The van der Waals surface area contributed by atoms with Gasteiger partial charge in [-0.05, 0) is 17.7 Å². The van der Waals surface area contributed by atoms with Crippen molar-refractivity contribution in [3.63, 3.8) is 0 Å². The van der Waals surface area contributed by atoms with E-state index in [-0.39, 0.29) is 0 Å². The van der Waals surface area contributed by atoms with Gasteiger partial charge in [-0.2, -0.15) is 11.8 Å². The van der Waals surface area contributed by atoms with E-state index in [4.69, 9.17) is 0 Å². The normalized spacial score (nSPS) is 19.5. The molecule has 0 saturated carbocycles. The number of aliphatic carboxylic acids is 1. The third-order valence-electron chi connectivity index (χ3n) is 2.97. The molecule has 1 N–H and O–H groups in total. The standard InChI is InChI=1S/C13H17NO2S/c15-13(16)12(11-5-2-1-3-6-11)14-7-4-9-17-10-8-14/h1-3,5-6,12H,4,7-10H2,(H,15,16). The first kappa shape index (κ1) is 12.5. The number of nitrogens with zero attached hydrogens (tertiary/aromatic N) is 1. The number of hydrogen-bond donors (Lipinski definition) is 1. The van der Waals surface area contributed by atoms with Gasteiger partial charge in [0.15, 0.2) is 0 Å². The van der Waals surface area contributed by atoms with E-state index in [2.05, 4.69) is 4.90 Å². The van der Waals surface area contributed by atoms with Crippen LogP contribution >= 0.6 is 11.8 Å². The van der Waals surface area contributed by atoms with Gasteiger partial charge in [-0.3, -0.25) is 9.69 Å². The molecule has 0 aromatic heterocycles. The van der Waals surface area contributed by atoms with E-state index in [1.54, 1.807) is 0 Å². The van der Waals surface area contributed by atoms with Crippen LogP contribution < -0.4 is 0 Å². The molecule has 0 aliphatic carbocycles. The average Bonchev–Trinajstić information content (AvgIpc) is 2.59. The molecular formula is C13H17NO2S. The minimum absolute atomic E-state index is 0.491. The third kappa shape index (κ3) is 3.23. The molecule has 3 nitrogen and oxygen atoms in total. The predicted octanol–water partition coefficient (Wildman–Crippen LogP) is 2.25. The summed E-state index contributed by atoms with van der Waals surface area (Å²) in [6.45, 7) is 1.73. The molecule has 1 saturated heterocycles. The Labute approximate surface area is 106 Å². The smallest absolute Gasteiger partial charge is 0.325 e. The number of carbonyl (C=O) groups is 1. The fourth-order valence-corrected chi connectivity index (χ4v) is 3.07. The van der Waals surface area contributed by atoms with Crippen molar-refractivity contribution < 1.29 is 9.90 Å². The Morgan fingerprint density at radius 3 is 2.71 bits per heavy atom. The van der Waals surface area contributed by atoms with Gasteiger partial charge in [0.25, 0.3) is 0 Å². The highest BCUT2D eigenvalue weighted by Crippen LogP contribution is 2.23. The van der Waals surface area contributed by atoms with Crippen molar-refractivity contribution in [3.8, 4) is 0 Å². The summed E-state index contributed by atoms with van der Waals surface area (Å²) in [7, 11) is 0. The fourth-order valence-electron chi connectivity index (χ4n) is 2.17. The van der Waals surface area contributed by atoms with E-state index in [0.717, 1.165) is 36.6 Å². The molecule has 2 rings (SSSR count). The van der Waals surface area contributed by atoms with Crippen LogP contribution in [0.15, 0.2) is 30.3 Å². The second kappa shape index (κ2) is 6.07. The summed E-state index contributed by atoms with van der Waals surface area (Å²) in [4.78, 5) is 13.5. The predicted molar refractivity (Wildman–Crippen MR) is 70.3 cm³/mol. The van der Waals surface area contributed by atoms with Gasteiger partial charge in [0.05, 0.1) is 0 Å². The van der Waals surface area contributed by atoms with E-state index < -0.39 is 12.0 Å². The molecule has 17 heavy (non-hydrogen) atoms. The SMILES string of the molecule is O=C(O)C(c1ccccc1)N1CCCSCC1. The Bertz CT molecular complexity index is 361. The Balaban J connectivity index is 2.19. The molecule has 1 unspecified atom stereocenters. The quantitative estimate of drug-likeness (QED) is 0.894. The summed E-state index contributed by atoms with van der Waals surface area (Å²) in [6.07, 6.45) is 1.07. The zero-order valence-corrected chi connectivity index (χ0v) is 10.5. The number of thioether (sulfide) groups is 1. The minimum atomic E-state index is -0.747. The number of carboxylic acids is 1. The van der Waals surface area contributed by atoms with E-state index >= 15 is 0 Å². The molecule has 0 bridgehead atoms. The summed E-state index contributed by atoms with van der Waals surface area (Å²) in [6, 6.07) is 9.03. The van der Waals surface area contributed by atoms with Crippen molar-refractivity contribution in [2.75, 3.05) is 24.6 Å². The lowest BCUT2D eigenvalue weighted by Crippen LogP contribution is -2.35. The molecule has 1 aliphatic rings. The zero-order valence-electron chi connectivity index (χ0n) is 9.71. The van der Waals surface area contributed by atoms with Crippen LogP contribution in [0.2, 0.25) is 0 Å². The topological polar surface area (TPSA) is 40.5 Å². The molecule has 1 aromatic rings. The zero-order chi connectivity index (χ0) is 12.1. The first-order valence-corrected chi connectivity index (χ1v) is 7.04. The molecular weight excluding hydrogens is 234 g/mol. The molecule has 1 aliphatic heterocycles. The van der Waals surface area contributed by atoms with E-state index in [0.29, 0.717) is 0 Å². The second-order valence-electron chi connectivity index (χ2n) is 4.15. The van der Waals surface area contributed by atoms with Crippen molar-refractivity contribution in [1.29, 1.82) is 0 Å². The van der Waals surface area contributed by atoms with Crippen molar-refractivity contribution in [2.45, 2.75) is 12.5 Å². The first-order valence-electron chi connectivity index (χ1n) is 5.88. The maximum atomic E-state index is 11.5. The summed E-state index contributed by atoms with van der Waals surface area (Å²) >= 11 is 1.91. The van der Waals surface area contributed by atoms with Crippen molar-refractivity contribution >= 4 is 17.7 Å². The van der Waals surface area contributed by atoms with Crippen LogP contribution in [0.3, 0.4) is 0 Å². The monoisotopic (exact) mass is 251 g/mol. The molecule has 0 radical (unpaired) electrons. The largest absolute Gasteiger partial charge is 0.480 e. The molecule has 1 atom stereocenters. The summed E-state index contributed by atoms with van der Waals surface area (Å²) in [5.74, 6) is 1.41. The first-order chi connectivity index (χ1) is 8.29. The van der Waals surface area contributed by atoms with Gasteiger partial charge in [-0.15, -0.1) is 0 Å². The molecule has 1 fully saturated rings. The Kier molecular flexibility index (Phi) is 4.45. The maximum Gasteiger partial charge on any atom is 0.325 e. The van der Waals surface area contributed by atoms with Gasteiger partial charge in [0.2, 0.25) is 0 Å². The Morgan fingerprint density at radius 2 is 2.00 bits per heavy atom. The summed E-state index contributed by atoms with van der Waals surface area (Å²) in [5, 5.41) is 9.42. The van der Waals surface area contributed by atoms with Crippen LogP contribution in [-0.2, 0) is 4.79 Å². The van der Waals surface area contributed by atoms with Gasteiger partial charge in [0.1, 0.15) is 6.04 Å². The van der Waals surface area contributed by atoms with Crippen LogP contribution in [0.4, 0.5) is 0 Å². The van der Waals surface area contributed by atoms with Crippen LogP contribution in [0, 0.1) is 0 Å². The molecule has 4 heteroatoms. The van der Waals surface area contributed by atoms with Gasteiger partial charge in [-0.1, -0.05) is 30.3 Å². The molecule has 0 spiro atoms. The lowest BCUT2D eigenvalue weighted by molar-refractivity contribution is -0.143. The van der Waals surface area contributed by atoms with Crippen LogP contribution in [-0.4, -0.2) is 40.6 Å². The number of hydrogen-bond acceptors (Lipinski definition) is 3. The number of carboxylic acid groups (broad SMARTS) is 1. The highest BCUT2D eigenvalue weighted by molar-refractivity contribution is 7.99. The maximum absolute atomic E-state index is 11.5. The molecule has 1 aromatic carbocycles. The van der Waals surface area contributed by atoms with Gasteiger partial charge < -0.3 is 5.11 Å². The van der Waals surface area contributed by atoms with Gasteiger partial charge >= 0.3 is 5.97 Å². The van der Waals surface area contributed by atoms with Crippen LogP contribution in [0.1, 0.15) is 18.0 Å². The summed E-state index contributed by atoms with van der Waals surface area (Å²) in [5.41, 5.74) is 0.881. The number of rotatable bonds is 3. The van der Waals surface area contributed by atoms with Crippen LogP contribution in [0.5, 0.6) is 0 Å². The highest BCUT2D eigenvalue weighted by atomic mass is 32.2. The average molecular weight is 251 g/mol. The Morgan fingerprint density at radius 1 is 1.24 bits per heavy atom. The van der Waals surface area contributed by atoms with Gasteiger partial charge in [0, 0.05) is 18.8 Å². The summed E-state index contributed by atoms with van der Waals surface area (Å²) < 4.78 is 0. The fraction of sp³-hybridized carbons (Fsp3) is 0.462. The minimum Gasteiger partial charge on any atom is -0.480 e. The lowest BCUT2D eigenvalue weighted by atomic mass is 10.1. The third-order valence-corrected chi connectivity index (χ3v) is 4.02. The Hall–Kier alpha value is -1.00. The van der Waals surface area contributed by atoms with E-state index in [1.807, 2.05) is 42.1 Å². The van der Waals surface area contributed by atoms with E-state index in [1.165, 1.54) is 0 Å². The van der Waals surface area contributed by atoms with Crippen molar-refractivity contribution in [3.05, 3.63) is 35.9 Å². The lowest BCUT2D eigenvalue weighted by Gasteiger charge is -2.27.